The molecule has 0 radical (unpaired) electrons. The van der Waals surface area contributed by atoms with Crippen LogP contribution in [0.25, 0.3) is 22.9 Å². The van der Waals surface area contributed by atoms with Crippen LogP contribution in [0.2, 0.25) is 0 Å². The van der Waals surface area contributed by atoms with Gasteiger partial charge in [0.25, 0.3) is 0 Å². The first kappa shape index (κ1) is 15.3. The van der Waals surface area contributed by atoms with E-state index in [1.165, 1.54) is 22.5 Å². The van der Waals surface area contributed by atoms with Crippen LogP contribution in [-0.4, -0.2) is 4.98 Å². The van der Waals surface area contributed by atoms with Crippen LogP contribution < -0.4 is 0 Å². The predicted octanol–water partition coefficient (Wildman–Crippen LogP) is 5.39. The summed E-state index contributed by atoms with van der Waals surface area (Å²) in [6.45, 7) is 6.19. The molecule has 3 rings (SSSR count). The number of thiazole rings is 1. The lowest BCUT2D eigenvalue weighted by molar-refractivity contribution is 0.557. The molecule has 3 aromatic rings. The zero-order chi connectivity index (χ0) is 16.4. The van der Waals surface area contributed by atoms with E-state index in [0.717, 1.165) is 21.1 Å². The molecule has 0 atom stereocenters. The molecule has 0 N–H and O–H groups in total. The first-order valence-corrected chi connectivity index (χ1v) is 8.11. The Morgan fingerprint density at radius 2 is 2.09 bits per heavy atom. The van der Waals surface area contributed by atoms with E-state index in [1.54, 1.807) is 18.4 Å². The molecule has 0 aliphatic carbocycles. The lowest BCUT2D eigenvalue weighted by Gasteiger charge is -2.05. The smallest absolute Gasteiger partial charge is 0.135 e. The maximum atomic E-state index is 9.45. The molecule has 23 heavy (non-hydrogen) atoms. The number of nitrogens with zero attached hydrogens (tertiary/aromatic N) is 2. The Morgan fingerprint density at radius 3 is 2.78 bits per heavy atom. The summed E-state index contributed by atoms with van der Waals surface area (Å²) in [5.74, 6) is 0.655. The lowest BCUT2D eigenvalue weighted by Crippen LogP contribution is -1.88. The van der Waals surface area contributed by atoms with Crippen molar-refractivity contribution in [2.24, 2.45) is 0 Å². The third-order valence-electron chi connectivity index (χ3n) is 3.63. The maximum absolute atomic E-state index is 9.45. The van der Waals surface area contributed by atoms with Crippen LogP contribution in [0.3, 0.4) is 0 Å². The first-order valence-electron chi connectivity index (χ1n) is 7.29. The number of nitriles is 1. The number of hydrogen-bond donors (Lipinski definition) is 0. The number of rotatable bonds is 3. The summed E-state index contributed by atoms with van der Waals surface area (Å²) in [7, 11) is 0. The van der Waals surface area contributed by atoms with Gasteiger partial charge in [-0.1, -0.05) is 17.7 Å². The molecule has 0 amide bonds. The van der Waals surface area contributed by atoms with Gasteiger partial charge in [0.1, 0.15) is 16.8 Å². The largest absolute Gasteiger partial charge is 0.465 e. The average molecular weight is 320 g/mol. The monoisotopic (exact) mass is 320 g/mol. The number of benzene rings is 1. The fourth-order valence-electron chi connectivity index (χ4n) is 2.41. The number of aromatic nitrogens is 1. The fraction of sp³-hybridized carbons (Fsp3) is 0.158. The topological polar surface area (TPSA) is 49.8 Å². The molecule has 0 unspecified atom stereocenters. The van der Waals surface area contributed by atoms with Crippen LogP contribution in [0.1, 0.15) is 26.8 Å². The molecule has 0 aliphatic heterocycles. The third kappa shape index (κ3) is 3.10. The number of hydrogen-bond acceptors (Lipinski definition) is 4. The maximum Gasteiger partial charge on any atom is 0.135 e. The Balaban J connectivity index is 2.07. The first-order chi connectivity index (χ1) is 11.1. The van der Waals surface area contributed by atoms with E-state index < -0.39 is 0 Å². The van der Waals surface area contributed by atoms with Gasteiger partial charge in [0.15, 0.2) is 0 Å². The van der Waals surface area contributed by atoms with Gasteiger partial charge in [0.05, 0.1) is 17.5 Å². The Bertz CT molecular complexity index is 911. The van der Waals surface area contributed by atoms with E-state index >= 15 is 0 Å². The zero-order valence-corrected chi connectivity index (χ0v) is 14.1. The third-order valence-corrected chi connectivity index (χ3v) is 4.63. The van der Waals surface area contributed by atoms with Gasteiger partial charge in [-0.15, -0.1) is 11.3 Å². The summed E-state index contributed by atoms with van der Waals surface area (Å²) in [6, 6.07) is 12.2. The van der Waals surface area contributed by atoms with Crippen LogP contribution >= 0.6 is 11.3 Å². The second-order valence-corrected chi connectivity index (χ2v) is 6.63. The molecule has 0 saturated carbocycles. The van der Waals surface area contributed by atoms with Gasteiger partial charge in [0.2, 0.25) is 0 Å². The summed E-state index contributed by atoms with van der Waals surface area (Å²) in [5.41, 5.74) is 4.98. The van der Waals surface area contributed by atoms with Crippen LogP contribution in [0, 0.1) is 32.1 Å². The molecular weight excluding hydrogens is 304 g/mol. The van der Waals surface area contributed by atoms with Crippen LogP contribution in [0.15, 0.2) is 41.0 Å². The Labute approximate surface area is 139 Å². The van der Waals surface area contributed by atoms with Gasteiger partial charge in [-0.25, -0.2) is 4.98 Å². The normalized spacial score (nSPS) is 11.5. The Kier molecular flexibility index (Phi) is 4.14. The minimum absolute atomic E-state index is 0.518. The molecule has 2 heterocycles. The predicted molar refractivity (Wildman–Crippen MR) is 94.0 cm³/mol. The van der Waals surface area contributed by atoms with E-state index in [-0.39, 0.29) is 0 Å². The lowest BCUT2D eigenvalue weighted by atomic mass is 10.0. The number of furan rings is 1. The second-order valence-electron chi connectivity index (χ2n) is 5.43. The van der Waals surface area contributed by atoms with E-state index in [9.17, 15) is 5.26 Å². The van der Waals surface area contributed by atoms with Gasteiger partial charge in [-0.2, -0.15) is 5.26 Å². The molecular formula is C19H16N2OS. The van der Waals surface area contributed by atoms with Crippen molar-refractivity contribution in [1.29, 1.82) is 5.26 Å². The van der Waals surface area contributed by atoms with Crippen molar-refractivity contribution in [3.8, 4) is 17.3 Å². The van der Waals surface area contributed by atoms with Crippen LogP contribution in [0.4, 0.5) is 0 Å². The summed E-state index contributed by atoms with van der Waals surface area (Å²) in [4.78, 5) is 5.83. The summed E-state index contributed by atoms with van der Waals surface area (Å²) >= 11 is 1.53. The molecule has 0 fully saturated rings. The molecule has 1 aromatic carbocycles. The molecule has 2 aromatic heterocycles. The molecule has 0 bridgehead atoms. The van der Waals surface area contributed by atoms with E-state index in [2.05, 4.69) is 38.1 Å². The fourth-order valence-corrected chi connectivity index (χ4v) is 3.30. The minimum atomic E-state index is 0.518. The summed E-state index contributed by atoms with van der Waals surface area (Å²) in [6.07, 6.45) is 3.32. The van der Waals surface area contributed by atoms with Gasteiger partial charge in [-0.05, 0) is 44.5 Å². The van der Waals surface area contributed by atoms with Gasteiger partial charge >= 0.3 is 0 Å². The highest BCUT2D eigenvalue weighted by molar-refractivity contribution is 7.13. The molecule has 114 valence electrons. The highest BCUT2D eigenvalue weighted by atomic mass is 32.1. The van der Waals surface area contributed by atoms with Crippen LogP contribution in [-0.2, 0) is 0 Å². The second kappa shape index (κ2) is 6.23. The van der Waals surface area contributed by atoms with E-state index in [4.69, 9.17) is 9.40 Å². The van der Waals surface area contributed by atoms with Crippen molar-refractivity contribution in [3.63, 3.8) is 0 Å². The Morgan fingerprint density at radius 1 is 1.26 bits per heavy atom. The van der Waals surface area contributed by atoms with Gasteiger partial charge in [0, 0.05) is 16.5 Å². The highest BCUT2D eigenvalue weighted by Crippen LogP contribution is 2.33. The van der Waals surface area contributed by atoms with Crippen molar-refractivity contribution in [3.05, 3.63) is 63.4 Å². The van der Waals surface area contributed by atoms with Crippen molar-refractivity contribution >= 4 is 23.0 Å². The Hall–Kier alpha value is -2.64. The molecule has 3 nitrogen and oxygen atoms in total. The SMILES string of the molecule is Cc1ccc(C)c(-c2nc(/C(C#N)=C/c3ccco3)sc2C)c1. The average Bonchev–Trinajstić information content (AvgIpc) is 3.17. The van der Waals surface area contributed by atoms with Gasteiger partial charge < -0.3 is 4.42 Å². The van der Waals surface area contributed by atoms with Crippen molar-refractivity contribution in [2.45, 2.75) is 20.8 Å². The van der Waals surface area contributed by atoms with Crippen molar-refractivity contribution < 1.29 is 4.42 Å². The standard InChI is InChI=1S/C19H16N2OS/c1-12-6-7-13(2)17(9-12)18-14(3)23-19(21-18)15(11-20)10-16-5-4-8-22-16/h4-10H,1-3H3/b15-10+. The number of allylic oxidation sites excluding steroid dienone is 1. The van der Waals surface area contributed by atoms with Crippen LogP contribution in [0.5, 0.6) is 0 Å². The van der Waals surface area contributed by atoms with E-state index in [0.29, 0.717) is 11.3 Å². The highest BCUT2D eigenvalue weighted by Gasteiger charge is 2.15. The van der Waals surface area contributed by atoms with Crippen molar-refractivity contribution in [2.75, 3.05) is 0 Å². The van der Waals surface area contributed by atoms with E-state index in [1.807, 2.05) is 13.0 Å². The molecule has 0 aliphatic rings. The quantitative estimate of drug-likeness (QED) is 0.608. The van der Waals surface area contributed by atoms with Crippen molar-refractivity contribution in [1.82, 2.24) is 4.98 Å². The molecule has 0 saturated heterocycles. The zero-order valence-electron chi connectivity index (χ0n) is 13.3. The summed E-state index contributed by atoms with van der Waals surface area (Å²) in [5, 5.41) is 10.2. The van der Waals surface area contributed by atoms with Gasteiger partial charge in [-0.3, -0.25) is 0 Å². The molecule has 0 spiro atoms. The molecule has 4 heteroatoms. The minimum Gasteiger partial charge on any atom is -0.465 e. The number of aryl methyl sites for hydroxylation is 3. The summed E-state index contributed by atoms with van der Waals surface area (Å²) < 4.78 is 5.29.